The van der Waals surface area contributed by atoms with Gasteiger partial charge in [-0.1, -0.05) is 18.2 Å². The number of methoxy groups -OCH3 is 1. The van der Waals surface area contributed by atoms with Crippen LogP contribution in [0.4, 0.5) is 0 Å². The molecule has 0 unspecified atom stereocenters. The van der Waals surface area contributed by atoms with Crippen LogP contribution >= 0.6 is 0 Å². The zero-order chi connectivity index (χ0) is 12.1. The molecule has 0 aromatic heterocycles. The van der Waals surface area contributed by atoms with Crippen molar-refractivity contribution < 1.29 is 19.4 Å². The number of carboxylic acids is 1. The van der Waals surface area contributed by atoms with E-state index in [-0.39, 0.29) is 5.57 Å². The largest absolute Gasteiger partial charge is 0.496 e. The molecule has 1 rings (SSSR count). The van der Waals surface area contributed by atoms with E-state index in [4.69, 9.17) is 15.6 Å². The van der Waals surface area contributed by atoms with E-state index in [0.717, 1.165) is 6.08 Å². The molecule has 5 heteroatoms. The lowest BCUT2D eigenvalue weighted by atomic mass is 10.0. The Morgan fingerprint density at radius 2 is 2.00 bits per heavy atom. The zero-order valence-corrected chi connectivity index (χ0v) is 8.64. The van der Waals surface area contributed by atoms with E-state index in [1.54, 1.807) is 24.3 Å². The van der Waals surface area contributed by atoms with Crippen LogP contribution in [0.15, 0.2) is 30.3 Å². The van der Waals surface area contributed by atoms with Crippen LogP contribution in [-0.4, -0.2) is 24.1 Å². The summed E-state index contributed by atoms with van der Waals surface area (Å²) in [6.07, 6.45) is 0.861. The molecule has 0 fully saturated rings. The number of carboxylic acid groups (broad SMARTS) is 1. The van der Waals surface area contributed by atoms with Gasteiger partial charge in [-0.05, 0) is 6.07 Å². The van der Waals surface area contributed by atoms with Gasteiger partial charge in [0.25, 0.3) is 0 Å². The highest BCUT2D eigenvalue weighted by atomic mass is 16.5. The van der Waals surface area contributed by atoms with Crippen molar-refractivity contribution in [2.45, 2.75) is 0 Å². The first-order valence-electron chi connectivity index (χ1n) is 4.44. The Bertz CT molecular complexity index is 451. The predicted octanol–water partition coefficient (Wildman–Crippen LogP) is 0.648. The summed E-state index contributed by atoms with van der Waals surface area (Å²) in [5, 5.41) is 8.96. The summed E-state index contributed by atoms with van der Waals surface area (Å²) in [6, 6.07) is 6.50. The molecule has 0 saturated heterocycles. The van der Waals surface area contributed by atoms with Crippen molar-refractivity contribution in [2.75, 3.05) is 7.11 Å². The predicted molar refractivity (Wildman–Crippen MR) is 57.8 cm³/mol. The fraction of sp³-hybridized carbons (Fsp3) is 0.0909. The lowest BCUT2D eigenvalue weighted by molar-refractivity contribution is -0.130. The van der Waals surface area contributed by atoms with Crippen LogP contribution in [0.2, 0.25) is 0 Å². The topological polar surface area (TPSA) is 89.6 Å². The first-order chi connectivity index (χ1) is 7.56. The molecule has 0 radical (unpaired) electrons. The number of para-hydroxylation sites is 1. The Morgan fingerprint density at radius 3 is 2.50 bits per heavy atom. The molecule has 0 aliphatic heterocycles. The van der Waals surface area contributed by atoms with Gasteiger partial charge in [-0.2, -0.15) is 0 Å². The first-order valence-corrected chi connectivity index (χ1v) is 4.44. The van der Waals surface area contributed by atoms with Gasteiger partial charge in [0.2, 0.25) is 5.91 Å². The van der Waals surface area contributed by atoms with Crippen molar-refractivity contribution in [2.24, 2.45) is 5.73 Å². The van der Waals surface area contributed by atoms with E-state index < -0.39 is 11.9 Å². The van der Waals surface area contributed by atoms with E-state index in [1.807, 2.05) is 0 Å². The van der Waals surface area contributed by atoms with Crippen LogP contribution in [0.5, 0.6) is 5.75 Å². The van der Waals surface area contributed by atoms with Gasteiger partial charge in [-0.15, -0.1) is 0 Å². The molecule has 0 bridgehead atoms. The monoisotopic (exact) mass is 221 g/mol. The van der Waals surface area contributed by atoms with Crippen LogP contribution in [0.25, 0.3) is 5.57 Å². The lowest BCUT2D eigenvalue weighted by Gasteiger charge is -2.07. The van der Waals surface area contributed by atoms with Gasteiger partial charge in [0.15, 0.2) is 0 Å². The minimum Gasteiger partial charge on any atom is -0.496 e. The van der Waals surface area contributed by atoms with Gasteiger partial charge in [-0.3, -0.25) is 4.79 Å². The van der Waals surface area contributed by atoms with Crippen LogP contribution in [0.1, 0.15) is 5.56 Å². The van der Waals surface area contributed by atoms with Gasteiger partial charge in [0.05, 0.1) is 12.7 Å². The van der Waals surface area contributed by atoms with Crippen molar-refractivity contribution in [3.05, 3.63) is 35.9 Å². The zero-order valence-electron chi connectivity index (χ0n) is 8.64. The SMILES string of the molecule is COc1ccccc1C(=CC(N)=O)C(=O)O. The molecule has 1 amide bonds. The maximum Gasteiger partial charge on any atom is 0.336 e. The highest BCUT2D eigenvalue weighted by molar-refractivity contribution is 6.20. The number of benzene rings is 1. The normalized spacial score (nSPS) is 10.9. The van der Waals surface area contributed by atoms with Crippen molar-refractivity contribution in [3.63, 3.8) is 0 Å². The van der Waals surface area contributed by atoms with Gasteiger partial charge in [0, 0.05) is 11.6 Å². The van der Waals surface area contributed by atoms with Crippen LogP contribution in [-0.2, 0) is 9.59 Å². The lowest BCUT2D eigenvalue weighted by Crippen LogP contribution is -2.11. The molecule has 0 heterocycles. The maximum absolute atomic E-state index is 11.0. The van der Waals surface area contributed by atoms with E-state index in [0.29, 0.717) is 11.3 Å². The highest BCUT2D eigenvalue weighted by Crippen LogP contribution is 2.25. The number of hydrogen-bond donors (Lipinski definition) is 2. The average Bonchev–Trinajstić information content (AvgIpc) is 2.25. The smallest absolute Gasteiger partial charge is 0.336 e. The Kier molecular flexibility index (Phi) is 3.66. The molecular formula is C11H11NO4. The van der Waals surface area contributed by atoms with Gasteiger partial charge >= 0.3 is 5.97 Å². The second-order valence-corrected chi connectivity index (χ2v) is 2.97. The van der Waals surface area contributed by atoms with Gasteiger partial charge < -0.3 is 15.6 Å². The molecule has 5 nitrogen and oxygen atoms in total. The van der Waals surface area contributed by atoms with Crippen LogP contribution < -0.4 is 10.5 Å². The number of amides is 1. The third-order valence-electron chi connectivity index (χ3n) is 1.91. The second-order valence-electron chi connectivity index (χ2n) is 2.97. The maximum atomic E-state index is 11.0. The van der Waals surface area contributed by atoms with E-state index >= 15 is 0 Å². The summed E-state index contributed by atoms with van der Waals surface area (Å²) < 4.78 is 5.00. The fourth-order valence-electron chi connectivity index (χ4n) is 1.26. The van der Waals surface area contributed by atoms with Crippen molar-refractivity contribution in [1.82, 2.24) is 0 Å². The molecule has 0 spiro atoms. The first kappa shape index (κ1) is 11.8. The molecule has 84 valence electrons. The summed E-state index contributed by atoms with van der Waals surface area (Å²) in [4.78, 5) is 21.7. The Hall–Kier alpha value is -2.30. The van der Waals surface area contributed by atoms with Gasteiger partial charge in [-0.25, -0.2) is 4.79 Å². The van der Waals surface area contributed by atoms with Crippen molar-refractivity contribution in [1.29, 1.82) is 0 Å². The number of rotatable bonds is 4. The standard InChI is InChI=1S/C11H11NO4/c1-16-9-5-3-2-4-7(9)8(11(14)15)6-10(12)13/h2-6H,1H3,(H2,12,13)(H,14,15). The van der Waals surface area contributed by atoms with E-state index in [2.05, 4.69) is 0 Å². The van der Waals surface area contributed by atoms with Crippen LogP contribution in [0, 0.1) is 0 Å². The Morgan fingerprint density at radius 1 is 1.38 bits per heavy atom. The number of ether oxygens (including phenoxy) is 1. The summed E-state index contributed by atoms with van der Waals surface area (Å²) in [5.74, 6) is -1.68. The summed E-state index contributed by atoms with van der Waals surface area (Å²) in [5.41, 5.74) is 5.07. The minimum absolute atomic E-state index is 0.190. The molecule has 0 aliphatic rings. The molecule has 0 atom stereocenters. The minimum atomic E-state index is -1.23. The Labute approximate surface area is 92.1 Å². The van der Waals surface area contributed by atoms with Crippen molar-refractivity contribution in [3.8, 4) is 5.75 Å². The highest BCUT2D eigenvalue weighted by Gasteiger charge is 2.15. The third-order valence-corrected chi connectivity index (χ3v) is 1.91. The number of aliphatic carboxylic acids is 1. The van der Waals surface area contributed by atoms with E-state index in [9.17, 15) is 9.59 Å². The van der Waals surface area contributed by atoms with Gasteiger partial charge in [0.1, 0.15) is 5.75 Å². The molecule has 16 heavy (non-hydrogen) atoms. The number of carbonyl (C=O) groups excluding carboxylic acids is 1. The third kappa shape index (κ3) is 2.60. The number of hydrogen-bond acceptors (Lipinski definition) is 3. The second kappa shape index (κ2) is 4.97. The average molecular weight is 221 g/mol. The number of primary amides is 1. The fourth-order valence-corrected chi connectivity index (χ4v) is 1.26. The molecule has 1 aromatic carbocycles. The van der Waals surface area contributed by atoms with Crippen molar-refractivity contribution >= 4 is 17.4 Å². The van der Waals surface area contributed by atoms with Crippen LogP contribution in [0.3, 0.4) is 0 Å². The quantitative estimate of drug-likeness (QED) is 0.730. The molecule has 0 saturated carbocycles. The Balaban J connectivity index is 3.32. The summed E-state index contributed by atoms with van der Waals surface area (Å²) in [7, 11) is 1.42. The van der Waals surface area contributed by atoms with E-state index in [1.165, 1.54) is 7.11 Å². The molecule has 0 aliphatic carbocycles. The molecular weight excluding hydrogens is 210 g/mol. The molecule has 3 N–H and O–H groups in total. The summed E-state index contributed by atoms with van der Waals surface area (Å²) in [6.45, 7) is 0. The summed E-state index contributed by atoms with van der Waals surface area (Å²) >= 11 is 0. The number of carbonyl (C=O) groups is 2. The molecule has 1 aromatic rings. The number of nitrogens with two attached hydrogens (primary N) is 1.